The molecule has 3 aromatic carbocycles. The van der Waals surface area contributed by atoms with Crippen LogP contribution in [0.1, 0.15) is 43.4 Å². The van der Waals surface area contributed by atoms with E-state index in [0.29, 0.717) is 28.1 Å². The van der Waals surface area contributed by atoms with Gasteiger partial charge in [-0.3, -0.25) is 19.4 Å². The van der Waals surface area contributed by atoms with E-state index in [1.807, 2.05) is 65.7 Å². The zero-order valence-electron chi connectivity index (χ0n) is 21.7. The number of carbonyl (C=O) groups is 3. The van der Waals surface area contributed by atoms with Crippen LogP contribution >= 0.6 is 0 Å². The van der Waals surface area contributed by atoms with E-state index in [2.05, 4.69) is 10.3 Å². The zero-order valence-corrected chi connectivity index (χ0v) is 21.7. The van der Waals surface area contributed by atoms with Gasteiger partial charge >= 0.3 is 0 Å². The molecule has 1 saturated heterocycles. The second-order valence-electron chi connectivity index (χ2n) is 10.3. The summed E-state index contributed by atoms with van der Waals surface area (Å²) in [5.41, 5.74) is 2.57. The molecule has 0 bridgehead atoms. The maximum Gasteiger partial charge on any atom is 0.238 e. The lowest BCUT2D eigenvalue weighted by Gasteiger charge is -2.38. The number of amides is 1. The number of methoxy groups -OCH3 is 1. The van der Waals surface area contributed by atoms with E-state index in [4.69, 9.17) is 4.74 Å². The number of hydrogen-bond donors (Lipinski definition) is 1. The lowest BCUT2D eigenvalue weighted by molar-refractivity contribution is -0.122. The van der Waals surface area contributed by atoms with E-state index in [1.54, 1.807) is 48.8 Å². The number of fused-ring (bicyclic) bond motifs is 6. The van der Waals surface area contributed by atoms with Gasteiger partial charge in [0.15, 0.2) is 11.6 Å². The van der Waals surface area contributed by atoms with Crippen molar-refractivity contribution in [3.05, 3.63) is 131 Å². The fourth-order valence-corrected chi connectivity index (χ4v) is 6.87. The van der Waals surface area contributed by atoms with Gasteiger partial charge in [-0.2, -0.15) is 0 Å². The first kappa shape index (κ1) is 24.0. The third-order valence-corrected chi connectivity index (χ3v) is 8.46. The van der Waals surface area contributed by atoms with Crippen molar-refractivity contribution in [2.75, 3.05) is 12.4 Å². The first-order valence-corrected chi connectivity index (χ1v) is 13.1. The highest BCUT2D eigenvalue weighted by atomic mass is 16.5. The van der Waals surface area contributed by atoms with Crippen LogP contribution < -0.4 is 10.1 Å². The Balaban J connectivity index is 1.55. The number of hydrogen-bond acceptors (Lipinski definition) is 6. The average molecular weight is 528 g/mol. The van der Waals surface area contributed by atoms with E-state index in [1.165, 1.54) is 7.11 Å². The number of anilines is 1. The third kappa shape index (κ3) is 3.18. The molecule has 40 heavy (non-hydrogen) atoms. The molecule has 7 nitrogen and oxygen atoms in total. The Kier molecular flexibility index (Phi) is 5.42. The number of rotatable bonds is 5. The molecule has 4 aromatic rings. The van der Waals surface area contributed by atoms with Crippen LogP contribution in [0.15, 0.2) is 104 Å². The summed E-state index contributed by atoms with van der Waals surface area (Å²) >= 11 is 0. The van der Waals surface area contributed by atoms with Crippen molar-refractivity contribution in [3.63, 3.8) is 0 Å². The van der Waals surface area contributed by atoms with Crippen LogP contribution in [0, 0.1) is 5.92 Å². The predicted octanol–water partition coefficient (Wildman–Crippen LogP) is 5.07. The average Bonchev–Trinajstić information content (AvgIpc) is 3.49. The summed E-state index contributed by atoms with van der Waals surface area (Å²) in [4.78, 5) is 49.8. The van der Waals surface area contributed by atoms with Crippen LogP contribution in [-0.4, -0.2) is 40.5 Å². The van der Waals surface area contributed by atoms with Gasteiger partial charge in [-0.15, -0.1) is 0 Å². The van der Waals surface area contributed by atoms with Crippen LogP contribution in [0.2, 0.25) is 0 Å². The molecule has 0 unspecified atom stereocenters. The standard InChI is InChI=1S/C33H25N3O4/c1-40-26-13-7-4-10-23(26)30(38)28-27(29(37)21-14-17-34-18-15-21)33(24-11-5-6-12-25(24)35-32(33)39)31-22-9-3-2-8-20(22)16-19-36(28)31/h2-19,27-28,31H,1H3,(H,35,39)/t27-,28-,31+,33+/m0/s1. The molecule has 1 amide bonds. The maximum absolute atomic E-state index is 14.7. The van der Waals surface area contributed by atoms with Gasteiger partial charge in [0.25, 0.3) is 0 Å². The molecule has 0 aliphatic carbocycles. The molecule has 4 atom stereocenters. The minimum atomic E-state index is -1.37. The highest BCUT2D eigenvalue weighted by Crippen LogP contribution is 2.62. The van der Waals surface area contributed by atoms with E-state index < -0.39 is 23.4 Å². The molecule has 1 aromatic heterocycles. The van der Waals surface area contributed by atoms with E-state index in [9.17, 15) is 14.4 Å². The van der Waals surface area contributed by atoms with Crippen molar-refractivity contribution in [1.29, 1.82) is 0 Å². The van der Waals surface area contributed by atoms with Crippen molar-refractivity contribution in [1.82, 2.24) is 9.88 Å². The highest BCUT2D eigenvalue weighted by molar-refractivity contribution is 6.17. The lowest BCUT2D eigenvalue weighted by Crippen LogP contribution is -2.49. The number of Topliss-reactive ketones (excluding diaryl/α,β-unsaturated/α-hetero) is 2. The summed E-state index contributed by atoms with van der Waals surface area (Å²) in [5.74, 6) is -1.50. The van der Waals surface area contributed by atoms with Crippen molar-refractivity contribution < 1.29 is 19.1 Å². The van der Waals surface area contributed by atoms with Gasteiger partial charge in [0.05, 0.1) is 24.6 Å². The van der Waals surface area contributed by atoms with E-state index in [-0.39, 0.29) is 17.5 Å². The second-order valence-corrected chi connectivity index (χ2v) is 10.3. The molecule has 1 N–H and O–H groups in total. The predicted molar refractivity (Wildman–Crippen MR) is 150 cm³/mol. The molecule has 7 heteroatoms. The third-order valence-electron chi connectivity index (χ3n) is 8.46. The Morgan fingerprint density at radius 2 is 1.62 bits per heavy atom. The smallest absolute Gasteiger partial charge is 0.238 e. The fraction of sp³-hybridized carbons (Fsp3) is 0.152. The van der Waals surface area contributed by atoms with Crippen molar-refractivity contribution in [3.8, 4) is 5.75 Å². The topological polar surface area (TPSA) is 88.6 Å². The number of benzene rings is 3. The van der Waals surface area contributed by atoms with Crippen LogP contribution in [0.25, 0.3) is 6.08 Å². The quantitative estimate of drug-likeness (QED) is 0.365. The van der Waals surface area contributed by atoms with Crippen LogP contribution in [0.5, 0.6) is 5.75 Å². The minimum absolute atomic E-state index is 0.284. The molecule has 4 heterocycles. The van der Waals surface area contributed by atoms with Crippen molar-refractivity contribution >= 4 is 29.2 Å². The number of pyridine rings is 1. The molecule has 3 aliphatic rings. The first-order valence-electron chi connectivity index (χ1n) is 13.1. The molecule has 7 rings (SSSR count). The second kappa shape index (κ2) is 9.02. The largest absolute Gasteiger partial charge is 0.496 e. The normalized spacial score (nSPS) is 23.8. The van der Waals surface area contributed by atoms with E-state index in [0.717, 1.165) is 11.1 Å². The van der Waals surface area contributed by atoms with Crippen molar-refractivity contribution in [2.45, 2.75) is 17.5 Å². The van der Waals surface area contributed by atoms with Gasteiger partial charge in [0.2, 0.25) is 5.91 Å². The molecule has 1 fully saturated rings. The number of ketones is 2. The number of nitrogens with one attached hydrogen (secondary N) is 1. The summed E-state index contributed by atoms with van der Waals surface area (Å²) in [5, 5.41) is 3.06. The minimum Gasteiger partial charge on any atom is -0.496 e. The maximum atomic E-state index is 14.7. The number of nitrogens with zero attached hydrogens (tertiary/aromatic N) is 2. The summed E-state index contributed by atoms with van der Waals surface area (Å²) < 4.78 is 5.56. The SMILES string of the molecule is COc1ccccc1C(=O)[C@@H]1[C@@H](C(=O)c2ccncc2)[C@@]2(C(=O)Nc3ccccc32)[C@H]2c3ccccc3C=CN12. The van der Waals surface area contributed by atoms with Gasteiger partial charge in [0, 0.05) is 29.8 Å². The molecule has 1 spiro atoms. The highest BCUT2D eigenvalue weighted by Gasteiger charge is 2.70. The number of ether oxygens (including phenoxy) is 1. The molecule has 3 aliphatic heterocycles. The van der Waals surface area contributed by atoms with Crippen LogP contribution in [0.4, 0.5) is 5.69 Å². The summed E-state index contributed by atoms with van der Waals surface area (Å²) in [6.07, 6.45) is 6.91. The Morgan fingerprint density at radius 3 is 2.45 bits per heavy atom. The fourth-order valence-electron chi connectivity index (χ4n) is 6.87. The van der Waals surface area contributed by atoms with Gasteiger partial charge in [-0.25, -0.2) is 0 Å². The van der Waals surface area contributed by atoms with Crippen LogP contribution in [0.3, 0.4) is 0 Å². The Hall–Kier alpha value is -5.04. The van der Waals surface area contributed by atoms with Gasteiger partial charge in [-0.05, 0) is 53.1 Å². The molecular weight excluding hydrogens is 502 g/mol. The van der Waals surface area contributed by atoms with Gasteiger partial charge in [-0.1, -0.05) is 54.6 Å². The summed E-state index contributed by atoms with van der Waals surface area (Å²) in [6, 6.07) is 24.0. The van der Waals surface area contributed by atoms with Crippen molar-refractivity contribution in [2.24, 2.45) is 5.92 Å². The molecule has 0 radical (unpaired) electrons. The summed E-state index contributed by atoms with van der Waals surface area (Å²) in [6.45, 7) is 0. The Bertz CT molecular complexity index is 1720. The number of carbonyl (C=O) groups excluding carboxylic acids is 3. The Labute approximate surface area is 231 Å². The van der Waals surface area contributed by atoms with E-state index >= 15 is 0 Å². The number of aromatic nitrogens is 1. The zero-order chi connectivity index (χ0) is 27.4. The number of para-hydroxylation sites is 2. The summed E-state index contributed by atoms with van der Waals surface area (Å²) in [7, 11) is 1.52. The van der Waals surface area contributed by atoms with Crippen LogP contribution in [-0.2, 0) is 10.2 Å². The van der Waals surface area contributed by atoms with Gasteiger partial charge < -0.3 is 15.0 Å². The Morgan fingerprint density at radius 1 is 0.900 bits per heavy atom. The molecule has 196 valence electrons. The molecular formula is C33H25N3O4. The lowest BCUT2D eigenvalue weighted by atomic mass is 9.62. The monoisotopic (exact) mass is 527 g/mol. The first-order chi connectivity index (χ1) is 19.6. The van der Waals surface area contributed by atoms with Gasteiger partial charge in [0.1, 0.15) is 17.2 Å². The molecule has 0 saturated carbocycles.